The number of rotatable bonds is 5. The molecule has 0 bridgehead atoms. The minimum absolute atomic E-state index is 0.0216. The van der Waals surface area contributed by atoms with Gasteiger partial charge in [0.15, 0.2) is 11.5 Å². The lowest BCUT2D eigenvalue weighted by molar-refractivity contribution is -0.491. The van der Waals surface area contributed by atoms with E-state index in [1.807, 2.05) is 19.1 Å². The van der Waals surface area contributed by atoms with Gasteiger partial charge in [-0.2, -0.15) is 0 Å². The second-order valence-corrected chi connectivity index (χ2v) is 8.47. The van der Waals surface area contributed by atoms with Crippen LogP contribution in [0.1, 0.15) is 30.9 Å². The number of ether oxygens (including phenoxy) is 3. The standard InChI is InChI=1S/C21H26N2O7/c1-11-9-21-14-7-18(29-3)17(28-2)6-12(14)5-16(20(25)30-4)23(21)19(24)8-15(21)13(11)10-22(26)27/h6-7,11,13,15-16H,5,8-10H2,1-4H3/t11-,13+,15-,16-,21-/m0/s1. The number of amides is 1. The Hall–Kier alpha value is -2.84. The highest BCUT2D eigenvalue weighted by molar-refractivity contribution is 5.89. The SMILES string of the molecule is COC(=O)[C@@H]1Cc2cc(OC)c(OC)cc2[C@@]23C[C@H](C)[C@@H](C[N+](=O)[O-])[C@@H]2CC(=O)N13. The minimum Gasteiger partial charge on any atom is -0.493 e. The average Bonchev–Trinajstić information content (AvgIpc) is 3.15. The third kappa shape index (κ3) is 2.67. The number of esters is 1. The maximum atomic E-state index is 13.2. The topological polar surface area (TPSA) is 108 Å². The first-order valence-corrected chi connectivity index (χ1v) is 10.1. The van der Waals surface area contributed by atoms with Crippen LogP contribution in [-0.2, 0) is 26.3 Å². The summed E-state index contributed by atoms with van der Waals surface area (Å²) in [5.74, 6) is -0.0522. The van der Waals surface area contributed by atoms with Crippen LogP contribution >= 0.6 is 0 Å². The van der Waals surface area contributed by atoms with Crippen LogP contribution in [-0.4, -0.2) is 55.6 Å². The van der Waals surface area contributed by atoms with Crippen molar-refractivity contribution in [2.24, 2.45) is 17.8 Å². The van der Waals surface area contributed by atoms with E-state index >= 15 is 0 Å². The summed E-state index contributed by atoms with van der Waals surface area (Å²) in [6, 6.07) is 2.96. The Bertz CT molecular complexity index is 917. The number of hydrogen-bond acceptors (Lipinski definition) is 7. The molecule has 9 nitrogen and oxygen atoms in total. The van der Waals surface area contributed by atoms with Crippen LogP contribution in [0.5, 0.6) is 11.5 Å². The highest BCUT2D eigenvalue weighted by Gasteiger charge is 2.67. The number of fused-ring (bicyclic) bond motifs is 1. The van der Waals surface area contributed by atoms with E-state index in [1.165, 1.54) is 7.11 Å². The molecule has 1 saturated carbocycles. The van der Waals surface area contributed by atoms with E-state index < -0.39 is 17.6 Å². The van der Waals surface area contributed by atoms with E-state index in [2.05, 4.69) is 0 Å². The summed E-state index contributed by atoms with van der Waals surface area (Å²) in [5.41, 5.74) is 0.991. The van der Waals surface area contributed by atoms with E-state index in [4.69, 9.17) is 14.2 Å². The zero-order chi connectivity index (χ0) is 21.8. The molecule has 1 aliphatic carbocycles. The van der Waals surface area contributed by atoms with E-state index in [9.17, 15) is 19.7 Å². The normalized spacial score (nSPS) is 31.6. The molecule has 1 aromatic rings. The Labute approximate surface area is 174 Å². The van der Waals surface area contributed by atoms with Crippen molar-refractivity contribution in [3.8, 4) is 11.5 Å². The molecule has 5 atom stereocenters. The molecule has 1 spiro atoms. The van der Waals surface area contributed by atoms with Crippen molar-refractivity contribution in [3.63, 3.8) is 0 Å². The number of nitro groups is 1. The van der Waals surface area contributed by atoms with Crippen molar-refractivity contribution in [3.05, 3.63) is 33.4 Å². The highest BCUT2D eigenvalue weighted by atomic mass is 16.6. The lowest BCUT2D eigenvalue weighted by Crippen LogP contribution is -2.57. The van der Waals surface area contributed by atoms with Crippen molar-refractivity contribution in [2.45, 2.75) is 37.8 Å². The fraction of sp³-hybridized carbons (Fsp3) is 0.619. The fourth-order valence-electron chi connectivity index (χ4n) is 6.14. The van der Waals surface area contributed by atoms with E-state index in [-0.39, 0.29) is 41.5 Å². The Kier molecular flexibility index (Phi) is 4.86. The first kappa shape index (κ1) is 20.4. The molecule has 2 aliphatic heterocycles. The van der Waals surface area contributed by atoms with Crippen LogP contribution < -0.4 is 9.47 Å². The summed E-state index contributed by atoms with van der Waals surface area (Å²) in [5, 5.41) is 11.4. The largest absolute Gasteiger partial charge is 0.493 e. The van der Waals surface area contributed by atoms with E-state index in [0.717, 1.165) is 11.1 Å². The van der Waals surface area contributed by atoms with Crippen LogP contribution in [0.2, 0.25) is 0 Å². The van der Waals surface area contributed by atoms with Crippen LogP contribution in [0.25, 0.3) is 0 Å². The van der Waals surface area contributed by atoms with Crippen molar-refractivity contribution in [1.29, 1.82) is 0 Å². The Morgan fingerprint density at radius 1 is 1.23 bits per heavy atom. The molecule has 0 N–H and O–H groups in total. The highest BCUT2D eigenvalue weighted by Crippen LogP contribution is 2.62. The van der Waals surface area contributed by atoms with Gasteiger partial charge >= 0.3 is 5.97 Å². The Balaban J connectivity index is 1.95. The second kappa shape index (κ2) is 7.14. The number of carbonyl (C=O) groups is 2. The van der Waals surface area contributed by atoms with E-state index in [1.54, 1.807) is 19.1 Å². The molecule has 162 valence electrons. The number of methoxy groups -OCH3 is 3. The van der Waals surface area contributed by atoms with Gasteiger partial charge in [0.05, 0.1) is 26.9 Å². The van der Waals surface area contributed by atoms with Gasteiger partial charge in [-0.25, -0.2) is 4.79 Å². The number of carbonyl (C=O) groups excluding carboxylic acids is 2. The lowest BCUT2D eigenvalue weighted by Gasteiger charge is -2.48. The molecule has 0 aromatic heterocycles. The van der Waals surface area contributed by atoms with Crippen LogP contribution in [0, 0.1) is 27.9 Å². The molecule has 1 amide bonds. The summed E-state index contributed by atoms with van der Waals surface area (Å²) in [6.45, 7) is 1.80. The molecule has 0 unspecified atom stereocenters. The second-order valence-electron chi connectivity index (χ2n) is 8.47. The van der Waals surface area contributed by atoms with Gasteiger partial charge in [-0.1, -0.05) is 6.92 Å². The molecule has 0 radical (unpaired) electrons. The van der Waals surface area contributed by atoms with Gasteiger partial charge in [0, 0.05) is 29.6 Å². The maximum absolute atomic E-state index is 13.2. The monoisotopic (exact) mass is 418 g/mol. The molecule has 1 aromatic carbocycles. The predicted molar refractivity (Wildman–Crippen MR) is 105 cm³/mol. The zero-order valence-corrected chi connectivity index (χ0v) is 17.5. The Morgan fingerprint density at radius 3 is 2.50 bits per heavy atom. The van der Waals surface area contributed by atoms with Gasteiger partial charge < -0.3 is 19.1 Å². The number of nitrogens with zero attached hydrogens (tertiary/aromatic N) is 2. The molecule has 30 heavy (non-hydrogen) atoms. The summed E-state index contributed by atoms with van der Waals surface area (Å²) < 4.78 is 16.0. The summed E-state index contributed by atoms with van der Waals surface area (Å²) in [7, 11) is 4.40. The van der Waals surface area contributed by atoms with Crippen LogP contribution in [0.4, 0.5) is 0 Å². The van der Waals surface area contributed by atoms with Gasteiger partial charge in [0.1, 0.15) is 6.04 Å². The van der Waals surface area contributed by atoms with Gasteiger partial charge in [-0.3, -0.25) is 14.9 Å². The van der Waals surface area contributed by atoms with Gasteiger partial charge in [-0.05, 0) is 35.6 Å². The molecule has 3 aliphatic rings. The molecule has 1 saturated heterocycles. The molecular formula is C21H26N2O7. The zero-order valence-electron chi connectivity index (χ0n) is 17.5. The van der Waals surface area contributed by atoms with Crippen molar-refractivity contribution >= 4 is 11.9 Å². The average molecular weight is 418 g/mol. The van der Waals surface area contributed by atoms with Crippen molar-refractivity contribution in [2.75, 3.05) is 27.9 Å². The van der Waals surface area contributed by atoms with E-state index in [0.29, 0.717) is 24.3 Å². The molecule has 2 heterocycles. The predicted octanol–water partition coefficient (Wildman–Crippen LogP) is 1.78. The summed E-state index contributed by atoms with van der Waals surface area (Å²) in [6.07, 6.45) is 1.04. The Morgan fingerprint density at radius 2 is 1.90 bits per heavy atom. The van der Waals surface area contributed by atoms with Gasteiger partial charge in [-0.15, -0.1) is 0 Å². The smallest absolute Gasteiger partial charge is 0.328 e. The summed E-state index contributed by atoms with van der Waals surface area (Å²) in [4.78, 5) is 38.6. The van der Waals surface area contributed by atoms with Crippen molar-refractivity contribution in [1.82, 2.24) is 4.90 Å². The third-order valence-electron chi connectivity index (χ3n) is 7.22. The maximum Gasteiger partial charge on any atom is 0.328 e. The van der Waals surface area contributed by atoms with Gasteiger partial charge in [0.2, 0.25) is 12.5 Å². The van der Waals surface area contributed by atoms with Crippen LogP contribution in [0.15, 0.2) is 12.1 Å². The first-order valence-electron chi connectivity index (χ1n) is 10.1. The number of benzene rings is 1. The van der Waals surface area contributed by atoms with Crippen LogP contribution in [0.3, 0.4) is 0 Å². The fourth-order valence-corrected chi connectivity index (χ4v) is 6.14. The quantitative estimate of drug-likeness (QED) is 0.407. The molecule has 2 fully saturated rings. The minimum atomic E-state index is -0.789. The first-order chi connectivity index (χ1) is 14.3. The molecular weight excluding hydrogens is 392 g/mol. The van der Waals surface area contributed by atoms with Crippen molar-refractivity contribution < 1.29 is 28.7 Å². The lowest BCUT2D eigenvalue weighted by atomic mass is 9.72. The number of hydrogen-bond donors (Lipinski definition) is 0. The molecule has 4 rings (SSSR count). The third-order valence-corrected chi connectivity index (χ3v) is 7.22. The van der Waals surface area contributed by atoms with Gasteiger partial charge in [0.25, 0.3) is 0 Å². The molecule has 9 heteroatoms. The summed E-state index contributed by atoms with van der Waals surface area (Å²) >= 11 is 0.